The van der Waals surface area contributed by atoms with Crippen molar-refractivity contribution in [1.29, 1.82) is 0 Å². The molecule has 3 rings (SSSR count). The summed E-state index contributed by atoms with van der Waals surface area (Å²) in [5, 5.41) is 4.30. The minimum atomic E-state index is 0.290. The number of fused-ring (bicyclic) bond motifs is 1. The Morgan fingerprint density at radius 1 is 1.00 bits per heavy atom. The average molecular weight is 315 g/mol. The minimum absolute atomic E-state index is 0.290. The summed E-state index contributed by atoms with van der Waals surface area (Å²) < 4.78 is 0. The Kier molecular flexibility index (Phi) is 3.18. The second-order valence-corrected chi connectivity index (χ2v) is 4.95. The Hall–Kier alpha value is -1.56. The third kappa shape index (κ3) is 2.58. The smallest absolute Gasteiger partial charge is 0.230 e. The number of hydrogen-bond donors (Lipinski definition) is 2. The summed E-state index contributed by atoms with van der Waals surface area (Å²) in [6.07, 6.45) is 1.51. The fourth-order valence-electron chi connectivity index (χ4n) is 1.61. The first-order valence-electron chi connectivity index (χ1n) is 5.21. The highest BCUT2D eigenvalue weighted by atomic mass is 35.5. The number of nitrogens with zero attached hydrogens (tertiary/aromatic N) is 3. The van der Waals surface area contributed by atoms with Crippen LogP contribution in [0.4, 0.5) is 11.6 Å². The van der Waals surface area contributed by atoms with Gasteiger partial charge in [-0.1, -0.05) is 34.8 Å². The van der Waals surface area contributed by atoms with Crippen LogP contribution < -0.4 is 5.32 Å². The molecule has 0 unspecified atom stereocenters. The maximum atomic E-state index is 6.02. The Bertz CT molecular complexity index is 735. The first kappa shape index (κ1) is 12.5. The van der Waals surface area contributed by atoms with Crippen molar-refractivity contribution in [1.82, 2.24) is 19.9 Å². The molecule has 0 saturated carbocycles. The van der Waals surface area contributed by atoms with Crippen molar-refractivity contribution in [3.05, 3.63) is 39.7 Å². The topological polar surface area (TPSA) is 66.5 Å². The van der Waals surface area contributed by atoms with Gasteiger partial charge in [-0.05, 0) is 18.2 Å². The van der Waals surface area contributed by atoms with E-state index in [1.54, 1.807) is 18.2 Å². The van der Waals surface area contributed by atoms with E-state index < -0.39 is 0 Å². The van der Waals surface area contributed by atoms with Gasteiger partial charge in [-0.2, -0.15) is 9.97 Å². The first-order valence-corrected chi connectivity index (χ1v) is 6.35. The molecule has 0 amide bonds. The van der Waals surface area contributed by atoms with E-state index in [1.165, 1.54) is 6.33 Å². The number of imidazole rings is 1. The molecule has 0 fully saturated rings. The van der Waals surface area contributed by atoms with E-state index in [2.05, 4.69) is 25.3 Å². The van der Waals surface area contributed by atoms with Gasteiger partial charge in [-0.15, -0.1) is 0 Å². The first-order chi connectivity index (χ1) is 9.11. The predicted octanol–water partition coefficient (Wildman–Crippen LogP) is 4.06. The van der Waals surface area contributed by atoms with Gasteiger partial charge in [0.2, 0.25) is 5.95 Å². The third-order valence-electron chi connectivity index (χ3n) is 2.36. The molecule has 0 bridgehead atoms. The molecule has 3 aromatic rings. The number of anilines is 2. The van der Waals surface area contributed by atoms with Crippen LogP contribution in [0, 0.1) is 0 Å². The molecule has 0 spiro atoms. The molecule has 1 aromatic carbocycles. The number of hydrogen-bond acceptors (Lipinski definition) is 4. The van der Waals surface area contributed by atoms with Gasteiger partial charge in [0.25, 0.3) is 0 Å². The Morgan fingerprint density at radius 2 is 1.74 bits per heavy atom. The number of H-pyrrole nitrogens is 1. The van der Waals surface area contributed by atoms with Gasteiger partial charge in [-0.25, -0.2) is 4.98 Å². The Labute approximate surface area is 122 Å². The fourth-order valence-corrected chi connectivity index (χ4v) is 2.35. The summed E-state index contributed by atoms with van der Waals surface area (Å²) >= 11 is 17.9. The molecule has 0 radical (unpaired) electrons. The highest BCUT2D eigenvalue weighted by Gasteiger charge is 2.08. The van der Waals surface area contributed by atoms with E-state index in [4.69, 9.17) is 34.8 Å². The van der Waals surface area contributed by atoms with E-state index >= 15 is 0 Å². The summed E-state index contributed by atoms with van der Waals surface area (Å²) in [7, 11) is 0. The highest BCUT2D eigenvalue weighted by Crippen LogP contribution is 2.25. The van der Waals surface area contributed by atoms with Gasteiger partial charge < -0.3 is 10.3 Å². The summed E-state index contributed by atoms with van der Waals surface area (Å²) in [5.74, 6) is 0.322. The van der Waals surface area contributed by atoms with Crippen molar-refractivity contribution in [3.8, 4) is 0 Å². The molecule has 2 N–H and O–H groups in total. The predicted molar refractivity (Wildman–Crippen MR) is 76.4 cm³/mol. The largest absolute Gasteiger partial charge is 0.341 e. The molecule has 8 heteroatoms. The van der Waals surface area contributed by atoms with Crippen LogP contribution in [-0.2, 0) is 0 Å². The third-order valence-corrected chi connectivity index (χ3v) is 3.07. The summed E-state index contributed by atoms with van der Waals surface area (Å²) in [5.41, 5.74) is 1.75. The number of nitrogens with one attached hydrogen (secondary N) is 2. The van der Waals surface area contributed by atoms with E-state index in [-0.39, 0.29) is 5.15 Å². The molecule has 0 saturated heterocycles. The van der Waals surface area contributed by atoms with Gasteiger partial charge in [0, 0.05) is 15.7 Å². The molecule has 0 aliphatic carbocycles. The van der Waals surface area contributed by atoms with E-state index in [9.17, 15) is 0 Å². The van der Waals surface area contributed by atoms with Crippen molar-refractivity contribution >= 4 is 57.6 Å². The van der Waals surface area contributed by atoms with Crippen molar-refractivity contribution in [2.75, 3.05) is 5.32 Å². The van der Waals surface area contributed by atoms with Crippen LogP contribution >= 0.6 is 34.8 Å². The van der Waals surface area contributed by atoms with Gasteiger partial charge in [0.05, 0.1) is 6.33 Å². The quantitative estimate of drug-likeness (QED) is 0.700. The van der Waals surface area contributed by atoms with Crippen LogP contribution in [0.25, 0.3) is 11.2 Å². The van der Waals surface area contributed by atoms with E-state index in [1.807, 2.05) is 0 Å². The number of halogens is 3. The van der Waals surface area contributed by atoms with Gasteiger partial charge in [0.15, 0.2) is 10.8 Å². The summed E-state index contributed by atoms with van der Waals surface area (Å²) in [6.45, 7) is 0. The highest BCUT2D eigenvalue weighted by molar-refractivity contribution is 6.35. The molecule has 0 aliphatic heterocycles. The number of benzene rings is 1. The molecule has 19 heavy (non-hydrogen) atoms. The lowest BCUT2D eigenvalue weighted by atomic mass is 10.3. The van der Waals surface area contributed by atoms with Crippen LogP contribution in [-0.4, -0.2) is 19.9 Å². The molecule has 0 aliphatic rings. The lowest BCUT2D eigenvalue weighted by Gasteiger charge is -2.06. The number of aromatic nitrogens is 4. The van der Waals surface area contributed by atoms with Crippen molar-refractivity contribution < 1.29 is 0 Å². The molecule has 2 aromatic heterocycles. The van der Waals surface area contributed by atoms with Gasteiger partial charge in [0.1, 0.15) is 5.52 Å². The molecule has 0 atom stereocenters. The number of rotatable bonds is 2. The van der Waals surface area contributed by atoms with Crippen LogP contribution in [0.3, 0.4) is 0 Å². The van der Waals surface area contributed by atoms with Crippen molar-refractivity contribution in [2.45, 2.75) is 0 Å². The zero-order chi connectivity index (χ0) is 13.4. The second-order valence-electron chi connectivity index (χ2n) is 3.72. The molecule has 96 valence electrons. The monoisotopic (exact) mass is 313 g/mol. The van der Waals surface area contributed by atoms with Gasteiger partial charge in [-0.3, -0.25) is 0 Å². The van der Waals surface area contributed by atoms with E-state index in [0.29, 0.717) is 32.8 Å². The minimum Gasteiger partial charge on any atom is -0.341 e. The zero-order valence-electron chi connectivity index (χ0n) is 9.28. The molecular weight excluding hydrogens is 309 g/mol. The lowest BCUT2D eigenvalue weighted by molar-refractivity contribution is 1.19. The van der Waals surface area contributed by atoms with Crippen molar-refractivity contribution in [2.24, 2.45) is 0 Å². The maximum absolute atomic E-state index is 6.02. The van der Waals surface area contributed by atoms with Crippen LogP contribution in [0.5, 0.6) is 0 Å². The van der Waals surface area contributed by atoms with Crippen LogP contribution in [0.2, 0.25) is 15.2 Å². The van der Waals surface area contributed by atoms with E-state index in [0.717, 1.165) is 0 Å². The molecular formula is C11H6Cl3N5. The van der Waals surface area contributed by atoms with Gasteiger partial charge >= 0.3 is 0 Å². The SMILES string of the molecule is Clc1cc(Cl)cc(Nc2nc(Cl)c3[nH]cnc3n2)c1. The summed E-state index contributed by atoms with van der Waals surface area (Å²) in [4.78, 5) is 15.2. The normalized spacial score (nSPS) is 10.9. The molecule has 2 heterocycles. The van der Waals surface area contributed by atoms with Crippen LogP contribution in [0.1, 0.15) is 0 Å². The fraction of sp³-hybridized carbons (Fsp3) is 0. The maximum Gasteiger partial charge on any atom is 0.230 e. The Balaban J connectivity index is 2.00. The zero-order valence-corrected chi connectivity index (χ0v) is 11.6. The Morgan fingerprint density at radius 3 is 2.47 bits per heavy atom. The number of aromatic amines is 1. The standard InChI is InChI=1S/C11H6Cl3N5/c12-5-1-6(13)3-7(2-5)17-11-18-9(14)8-10(19-11)16-4-15-8/h1-4H,(H2,15,16,17,18,19). The summed E-state index contributed by atoms with van der Waals surface area (Å²) in [6, 6.07) is 5.05. The van der Waals surface area contributed by atoms with Crippen molar-refractivity contribution in [3.63, 3.8) is 0 Å². The second kappa shape index (κ2) is 4.85. The lowest BCUT2D eigenvalue weighted by Crippen LogP contribution is -1.98. The van der Waals surface area contributed by atoms with Crippen LogP contribution in [0.15, 0.2) is 24.5 Å². The molecule has 5 nitrogen and oxygen atoms in total. The average Bonchev–Trinajstić information content (AvgIpc) is 2.75.